The molecule has 1 rings (SSSR count). The van der Waals surface area contributed by atoms with Crippen LogP contribution < -0.4 is 0 Å². The smallest absolute Gasteiger partial charge is 0.305 e. The van der Waals surface area contributed by atoms with Gasteiger partial charge in [-0.15, -0.1) is 0 Å². The van der Waals surface area contributed by atoms with E-state index < -0.39 is 54.6 Å². The molecule has 0 aliphatic carbocycles. The molecular weight excluding hydrogens is 439 g/mol. The summed E-state index contributed by atoms with van der Waals surface area (Å²) in [5.41, 5.74) is 0. The van der Waals surface area contributed by atoms with Gasteiger partial charge in [-0.25, -0.2) is 0 Å². The van der Waals surface area contributed by atoms with Gasteiger partial charge >= 0.3 is 23.9 Å². The van der Waals surface area contributed by atoms with E-state index in [1.165, 1.54) is 6.92 Å². The zero-order chi connectivity index (χ0) is 18.4. The third-order valence-corrected chi connectivity index (χ3v) is 3.80. The number of halogens is 1. The molecule has 0 aromatic rings. The van der Waals surface area contributed by atoms with Gasteiger partial charge in [0.2, 0.25) is 12.4 Å². The number of hydrogen-bond acceptors (Lipinski definition) is 9. The van der Waals surface area contributed by atoms with E-state index in [9.17, 15) is 19.2 Å². The number of rotatable bonds is 5. The van der Waals surface area contributed by atoms with Crippen molar-refractivity contribution in [1.82, 2.24) is 0 Å². The first-order valence-electron chi connectivity index (χ1n) is 7.06. The number of hydrogen-bond donors (Lipinski definition) is 0. The molecule has 136 valence electrons. The highest BCUT2D eigenvalue weighted by Gasteiger charge is 2.52. The number of alkyl halides is 1. The molecule has 0 aromatic carbocycles. The average molecular weight is 458 g/mol. The predicted molar refractivity (Wildman–Crippen MR) is 86.0 cm³/mol. The van der Waals surface area contributed by atoms with E-state index in [2.05, 4.69) is 0 Å². The molecule has 1 saturated heterocycles. The summed E-state index contributed by atoms with van der Waals surface area (Å²) in [4.78, 5) is 45.5. The first kappa shape index (κ1) is 20.6. The first-order chi connectivity index (χ1) is 11.1. The van der Waals surface area contributed by atoms with E-state index in [1.54, 1.807) is 0 Å². The van der Waals surface area contributed by atoms with Gasteiger partial charge in [0.05, 0.1) is 0 Å². The van der Waals surface area contributed by atoms with Crippen molar-refractivity contribution in [2.24, 2.45) is 0 Å². The highest BCUT2D eigenvalue weighted by Crippen LogP contribution is 2.30. The largest absolute Gasteiger partial charge is 0.456 e. The van der Waals surface area contributed by atoms with Gasteiger partial charge in [0.15, 0.2) is 12.2 Å². The Labute approximate surface area is 152 Å². The van der Waals surface area contributed by atoms with Gasteiger partial charge in [-0.05, 0) is 0 Å². The predicted octanol–water partition coefficient (Wildman–Crippen LogP) is 0.504. The summed E-state index contributed by atoms with van der Waals surface area (Å²) in [6, 6.07) is 0. The molecule has 9 nitrogen and oxygen atoms in total. The second-order valence-corrected chi connectivity index (χ2v) is 5.91. The minimum atomic E-state index is -1.29. The Kier molecular flexibility index (Phi) is 7.87. The molecule has 1 fully saturated rings. The fourth-order valence-electron chi connectivity index (χ4n) is 2.24. The minimum Gasteiger partial charge on any atom is -0.456 e. The Bertz CT molecular complexity index is 506. The van der Waals surface area contributed by atoms with E-state index in [-0.39, 0.29) is 0 Å². The lowest BCUT2D eigenvalue weighted by Crippen LogP contribution is -2.62. The lowest BCUT2D eigenvalue weighted by Gasteiger charge is -2.43. The van der Waals surface area contributed by atoms with Crippen LogP contribution in [0.5, 0.6) is 0 Å². The van der Waals surface area contributed by atoms with Crippen LogP contribution in [0.15, 0.2) is 0 Å². The van der Waals surface area contributed by atoms with Crippen molar-refractivity contribution < 1.29 is 42.9 Å². The van der Waals surface area contributed by atoms with Crippen LogP contribution >= 0.6 is 22.6 Å². The molecule has 1 aliphatic heterocycles. The van der Waals surface area contributed by atoms with Gasteiger partial charge in [0.25, 0.3) is 0 Å². The van der Waals surface area contributed by atoms with E-state index >= 15 is 0 Å². The number of carbonyl (C=O) groups excluding carboxylic acids is 4. The van der Waals surface area contributed by atoms with Crippen LogP contribution in [0.25, 0.3) is 0 Å². The zero-order valence-corrected chi connectivity index (χ0v) is 15.8. The van der Waals surface area contributed by atoms with Crippen LogP contribution in [0.2, 0.25) is 0 Å². The maximum absolute atomic E-state index is 11.4. The third kappa shape index (κ3) is 5.89. The highest BCUT2D eigenvalue weighted by molar-refractivity contribution is 14.1. The molecule has 1 aliphatic rings. The Hall–Kier alpha value is -1.43. The van der Waals surface area contributed by atoms with Crippen molar-refractivity contribution in [3.8, 4) is 0 Å². The highest BCUT2D eigenvalue weighted by atomic mass is 127. The summed E-state index contributed by atoms with van der Waals surface area (Å²) in [6.45, 7) is 4.65. The standard InChI is InChI=1S/C14H19IO9/c1-6(16)20-11-10(5-15)24-14(23-9(4)19)13(22-8(3)18)12(11)21-7(2)17/h10-14H,5H2,1-4H3/t10-,11-,12-,13-,14+/m1/s1. The van der Waals surface area contributed by atoms with Gasteiger partial charge in [-0.3, -0.25) is 19.2 Å². The molecular formula is C14H19IO9. The number of carbonyl (C=O) groups is 4. The molecule has 0 saturated carbocycles. The summed E-state index contributed by atoms with van der Waals surface area (Å²) in [5.74, 6) is -2.67. The van der Waals surface area contributed by atoms with Crippen LogP contribution in [0.4, 0.5) is 0 Å². The van der Waals surface area contributed by atoms with Gasteiger partial charge < -0.3 is 23.7 Å². The summed E-state index contributed by atoms with van der Waals surface area (Å²) in [7, 11) is 0. The van der Waals surface area contributed by atoms with Crippen molar-refractivity contribution in [3.63, 3.8) is 0 Å². The number of ether oxygens (including phenoxy) is 5. The Balaban J connectivity index is 3.23. The van der Waals surface area contributed by atoms with Gasteiger partial charge in [0, 0.05) is 32.1 Å². The van der Waals surface area contributed by atoms with Crippen molar-refractivity contribution in [2.75, 3.05) is 4.43 Å². The minimum absolute atomic E-state index is 0.345. The van der Waals surface area contributed by atoms with Crippen LogP contribution in [0.3, 0.4) is 0 Å². The average Bonchev–Trinajstić information content (AvgIpc) is 2.42. The maximum Gasteiger partial charge on any atom is 0.305 e. The summed E-state index contributed by atoms with van der Waals surface area (Å²) in [5, 5.41) is 0. The quantitative estimate of drug-likeness (QED) is 0.252. The Morgan fingerprint density at radius 3 is 1.58 bits per heavy atom. The van der Waals surface area contributed by atoms with Crippen molar-refractivity contribution in [2.45, 2.75) is 58.4 Å². The van der Waals surface area contributed by atoms with Gasteiger partial charge in [-0.1, -0.05) is 22.6 Å². The monoisotopic (exact) mass is 458 g/mol. The van der Waals surface area contributed by atoms with E-state index in [4.69, 9.17) is 23.7 Å². The van der Waals surface area contributed by atoms with Gasteiger partial charge in [-0.2, -0.15) is 0 Å². The fraction of sp³-hybridized carbons (Fsp3) is 0.714. The maximum atomic E-state index is 11.4. The van der Waals surface area contributed by atoms with Crippen LogP contribution in [-0.2, 0) is 42.9 Å². The van der Waals surface area contributed by atoms with Crippen LogP contribution in [0, 0.1) is 0 Å². The van der Waals surface area contributed by atoms with Crippen LogP contribution in [0.1, 0.15) is 27.7 Å². The van der Waals surface area contributed by atoms with Crippen molar-refractivity contribution in [3.05, 3.63) is 0 Å². The summed E-state index contributed by atoms with van der Waals surface area (Å²) >= 11 is 1.98. The topological polar surface area (TPSA) is 114 Å². The molecule has 0 aromatic heterocycles. The van der Waals surface area contributed by atoms with Crippen molar-refractivity contribution in [1.29, 1.82) is 0 Å². The van der Waals surface area contributed by atoms with Gasteiger partial charge in [0.1, 0.15) is 6.10 Å². The molecule has 0 bridgehead atoms. The lowest BCUT2D eigenvalue weighted by molar-refractivity contribution is -0.291. The van der Waals surface area contributed by atoms with Crippen LogP contribution in [-0.4, -0.2) is 59.0 Å². The molecule has 0 radical (unpaired) electrons. The second kappa shape index (κ2) is 9.16. The summed E-state index contributed by atoms with van der Waals surface area (Å²) in [6.07, 6.45) is -5.47. The molecule has 0 spiro atoms. The Morgan fingerprint density at radius 1 is 0.750 bits per heavy atom. The van der Waals surface area contributed by atoms with E-state index in [1.807, 2.05) is 22.6 Å². The van der Waals surface area contributed by atoms with E-state index in [0.717, 1.165) is 20.8 Å². The molecule has 5 atom stereocenters. The first-order valence-corrected chi connectivity index (χ1v) is 8.58. The normalized spacial score (nSPS) is 29.3. The molecule has 1 heterocycles. The molecule has 10 heteroatoms. The fourth-order valence-corrected chi connectivity index (χ4v) is 2.95. The number of esters is 4. The SMILES string of the molecule is CC(=O)O[C@H]1O[C@H](CI)[C@@H](OC(C)=O)[C@@H](OC(C)=O)[C@H]1OC(C)=O. The molecule has 0 amide bonds. The molecule has 0 unspecified atom stereocenters. The lowest BCUT2D eigenvalue weighted by atomic mass is 9.99. The van der Waals surface area contributed by atoms with Crippen molar-refractivity contribution >= 4 is 46.5 Å². The van der Waals surface area contributed by atoms with E-state index in [0.29, 0.717) is 4.43 Å². The Morgan fingerprint density at radius 2 is 1.17 bits per heavy atom. The molecule has 0 N–H and O–H groups in total. The second-order valence-electron chi connectivity index (χ2n) is 5.03. The summed E-state index contributed by atoms with van der Waals surface area (Å²) < 4.78 is 26.5. The zero-order valence-electron chi connectivity index (χ0n) is 13.6. The molecule has 24 heavy (non-hydrogen) atoms. The third-order valence-electron chi connectivity index (χ3n) is 2.93.